The van der Waals surface area contributed by atoms with Gasteiger partial charge in [0.1, 0.15) is 6.10 Å². The minimum atomic E-state index is -1.07. The zero-order valence-corrected chi connectivity index (χ0v) is 11.9. The topological polar surface area (TPSA) is 79.8 Å². The van der Waals surface area contributed by atoms with Crippen LogP contribution >= 0.6 is 0 Å². The second-order valence-corrected chi connectivity index (χ2v) is 4.07. The lowest BCUT2D eigenvalue weighted by Gasteiger charge is -2.17. The molecule has 1 rings (SSSR count). The van der Waals surface area contributed by atoms with Gasteiger partial charge in [-0.25, -0.2) is 4.79 Å². The van der Waals surface area contributed by atoms with Crippen LogP contribution in [0.1, 0.15) is 20.3 Å². The molecular weight excluding hydrogens is 248 g/mol. The molecule has 0 bridgehead atoms. The van der Waals surface area contributed by atoms with Gasteiger partial charge in [-0.3, -0.25) is 5.32 Å². The van der Waals surface area contributed by atoms with Crippen LogP contribution in [-0.4, -0.2) is 56.3 Å². The Morgan fingerprint density at radius 2 is 2.21 bits per heavy atom. The van der Waals surface area contributed by atoms with Crippen LogP contribution in [0.4, 0.5) is 0 Å². The van der Waals surface area contributed by atoms with Crippen molar-refractivity contribution in [2.24, 2.45) is 0 Å². The van der Waals surface area contributed by atoms with E-state index in [0.29, 0.717) is 13.0 Å². The first-order chi connectivity index (χ1) is 9.11. The monoisotopic (exact) mass is 274 g/mol. The Balaban J connectivity index is 0.000000443. The van der Waals surface area contributed by atoms with Gasteiger partial charge in [0.2, 0.25) is 0 Å². The van der Waals surface area contributed by atoms with Gasteiger partial charge in [-0.2, -0.15) is 0 Å². The molecule has 19 heavy (non-hydrogen) atoms. The Morgan fingerprint density at radius 3 is 2.53 bits per heavy atom. The van der Waals surface area contributed by atoms with Crippen LogP contribution in [0.25, 0.3) is 0 Å². The summed E-state index contributed by atoms with van der Waals surface area (Å²) in [6, 6.07) is 0. The summed E-state index contributed by atoms with van der Waals surface area (Å²) in [6.45, 7) is 11.2. The van der Waals surface area contributed by atoms with Gasteiger partial charge >= 0.3 is 5.97 Å². The molecule has 2 unspecified atom stereocenters. The van der Waals surface area contributed by atoms with E-state index in [2.05, 4.69) is 17.2 Å². The maximum Gasteiger partial charge on any atom is 0.336 e. The summed E-state index contributed by atoms with van der Waals surface area (Å²) in [5.41, 5.74) is 0. The lowest BCUT2D eigenvalue weighted by Crippen LogP contribution is -2.36. The molecule has 0 aromatic rings. The molecule has 112 valence electrons. The van der Waals surface area contributed by atoms with E-state index in [-0.39, 0.29) is 6.23 Å². The average Bonchev–Trinajstić information content (AvgIpc) is 2.45. The highest BCUT2D eigenvalue weighted by atomic mass is 16.6. The summed E-state index contributed by atoms with van der Waals surface area (Å²) < 4.78 is 9.92. The van der Waals surface area contributed by atoms with Gasteiger partial charge in [0, 0.05) is 19.6 Å². The second-order valence-electron chi connectivity index (χ2n) is 4.07. The largest absolute Gasteiger partial charge is 0.445 e. The molecule has 0 amide bonds. The summed E-state index contributed by atoms with van der Waals surface area (Å²) in [6.07, 6.45) is 0.922. The van der Waals surface area contributed by atoms with Crippen molar-refractivity contribution in [2.75, 3.05) is 32.8 Å². The Hall–Kier alpha value is -0.950. The molecule has 1 aliphatic rings. The second kappa shape index (κ2) is 12.1. The first kappa shape index (κ1) is 18.0. The Labute approximate surface area is 115 Å². The van der Waals surface area contributed by atoms with Gasteiger partial charge in [-0.05, 0) is 13.3 Å². The highest BCUT2D eigenvalue weighted by molar-refractivity contribution is 5.73. The minimum Gasteiger partial charge on any atom is -0.445 e. The molecule has 1 fully saturated rings. The number of aliphatic hydroxyl groups is 1. The van der Waals surface area contributed by atoms with Crippen molar-refractivity contribution >= 4 is 5.97 Å². The number of esters is 1. The van der Waals surface area contributed by atoms with Gasteiger partial charge in [0.25, 0.3) is 0 Å². The zero-order chi connectivity index (χ0) is 14.5. The fourth-order valence-electron chi connectivity index (χ4n) is 1.24. The number of hydrogen-bond acceptors (Lipinski definition) is 6. The van der Waals surface area contributed by atoms with E-state index in [1.54, 1.807) is 6.08 Å². The summed E-state index contributed by atoms with van der Waals surface area (Å²) in [7, 11) is 0. The number of carbonyl (C=O) groups excluding carboxylic acids is 1. The molecule has 0 aromatic heterocycles. The van der Waals surface area contributed by atoms with Crippen molar-refractivity contribution in [3.8, 4) is 0 Å². The van der Waals surface area contributed by atoms with Crippen LogP contribution in [0, 0.1) is 0 Å². The first-order valence-corrected chi connectivity index (χ1v) is 6.63. The molecule has 0 radical (unpaired) electrons. The predicted molar refractivity (Wildman–Crippen MR) is 73.7 cm³/mol. The van der Waals surface area contributed by atoms with E-state index in [1.165, 1.54) is 6.92 Å². The van der Waals surface area contributed by atoms with Crippen LogP contribution in [0.5, 0.6) is 0 Å². The Morgan fingerprint density at radius 1 is 1.58 bits per heavy atom. The maximum atomic E-state index is 10.9. The highest BCUT2D eigenvalue weighted by Crippen LogP contribution is 1.96. The van der Waals surface area contributed by atoms with E-state index in [0.717, 1.165) is 26.3 Å². The number of aliphatic hydroxyl groups excluding tert-OH is 1. The predicted octanol–water partition coefficient (Wildman–Crippen LogP) is 0.0283. The van der Waals surface area contributed by atoms with E-state index in [4.69, 9.17) is 14.6 Å². The fraction of sp³-hybridized carbons (Fsp3) is 0.769. The number of carbonyl (C=O) groups is 1. The highest BCUT2D eigenvalue weighted by Gasteiger charge is 2.15. The van der Waals surface area contributed by atoms with E-state index < -0.39 is 12.1 Å². The number of nitrogens with one attached hydrogen (secondary N) is 2. The number of morpholine rings is 1. The molecule has 0 aromatic carbocycles. The molecular formula is C13H26N2O4. The molecule has 3 N–H and O–H groups in total. The van der Waals surface area contributed by atoms with Crippen molar-refractivity contribution < 1.29 is 19.4 Å². The van der Waals surface area contributed by atoms with Gasteiger partial charge in [0.05, 0.1) is 13.2 Å². The molecule has 6 heteroatoms. The third-order valence-electron chi connectivity index (χ3n) is 2.31. The van der Waals surface area contributed by atoms with Crippen molar-refractivity contribution in [1.82, 2.24) is 10.6 Å². The van der Waals surface area contributed by atoms with Gasteiger partial charge in [-0.1, -0.05) is 13.0 Å². The normalized spacial score (nSPS) is 17.6. The van der Waals surface area contributed by atoms with Crippen LogP contribution in [0.2, 0.25) is 0 Å². The van der Waals surface area contributed by atoms with Crippen molar-refractivity contribution in [3.63, 3.8) is 0 Å². The molecule has 0 spiro atoms. The SMILES string of the molecule is C1COCCN1.C=CCNC(CC)OC(=O)C(C)O. The van der Waals surface area contributed by atoms with Crippen LogP contribution < -0.4 is 10.6 Å². The Bertz CT molecular complexity index is 231. The molecule has 2 atom stereocenters. The molecule has 6 nitrogen and oxygen atoms in total. The van der Waals surface area contributed by atoms with Crippen molar-refractivity contribution in [2.45, 2.75) is 32.6 Å². The number of ether oxygens (including phenoxy) is 2. The first-order valence-electron chi connectivity index (χ1n) is 6.63. The van der Waals surface area contributed by atoms with Crippen LogP contribution in [0.3, 0.4) is 0 Å². The fourth-order valence-corrected chi connectivity index (χ4v) is 1.24. The third kappa shape index (κ3) is 10.6. The summed E-state index contributed by atoms with van der Waals surface area (Å²) >= 11 is 0. The maximum absolute atomic E-state index is 10.9. The molecule has 1 heterocycles. The summed E-state index contributed by atoms with van der Waals surface area (Å²) in [4.78, 5) is 10.9. The molecule has 1 aliphatic heterocycles. The third-order valence-corrected chi connectivity index (χ3v) is 2.31. The standard InChI is InChI=1S/C9H17NO3.C4H9NO/c1-4-6-10-8(5-2)13-9(12)7(3)11;1-3-6-4-2-5-1/h4,7-8,10-11H,1,5-6H2,2-3H3;5H,1-4H2. The van der Waals surface area contributed by atoms with Crippen LogP contribution in [0.15, 0.2) is 12.7 Å². The van der Waals surface area contributed by atoms with E-state index >= 15 is 0 Å². The number of hydrogen-bond donors (Lipinski definition) is 3. The zero-order valence-electron chi connectivity index (χ0n) is 11.9. The Kier molecular flexibility index (Phi) is 11.5. The molecule has 0 saturated carbocycles. The van der Waals surface area contributed by atoms with E-state index in [9.17, 15) is 4.79 Å². The number of rotatable bonds is 6. The lowest BCUT2D eigenvalue weighted by atomic mass is 10.4. The van der Waals surface area contributed by atoms with Crippen LogP contribution in [-0.2, 0) is 14.3 Å². The molecule has 1 saturated heterocycles. The molecule has 0 aliphatic carbocycles. The average molecular weight is 274 g/mol. The van der Waals surface area contributed by atoms with Crippen molar-refractivity contribution in [3.05, 3.63) is 12.7 Å². The van der Waals surface area contributed by atoms with Crippen molar-refractivity contribution in [1.29, 1.82) is 0 Å². The van der Waals surface area contributed by atoms with Gasteiger partial charge < -0.3 is 19.9 Å². The quantitative estimate of drug-likeness (QED) is 0.360. The van der Waals surface area contributed by atoms with Gasteiger partial charge in [0.15, 0.2) is 6.23 Å². The smallest absolute Gasteiger partial charge is 0.336 e. The summed E-state index contributed by atoms with van der Waals surface area (Å²) in [5, 5.41) is 15.0. The van der Waals surface area contributed by atoms with Gasteiger partial charge in [-0.15, -0.1) is 6.58 Å². The minimum absolute atomic E-state index is 0.347. The lowest BCUT2D eigenvalue weighted by molar-refractivity contribution is -0.159. The summed E-state index contributed by atoms with van der Waals surface area (Å²) in [5.74, 6) is -0.608. The van der Waals surface area contributed by atoms with E-state index in [1.807, 2.05) is 6.92 Å².